The van der Waals surface area contributed by atoms with Crippen LogP contribution in [0.25, 0.3) is 0 Å². The molecule has 2 heterocycles. The van der Waals surface area contributed by atoms with Crippen LogP contribution < -0.4 is 0 Å². The first-order chi connectivity index (χ1) is 7.43. The zero-order valence-electron chi connectivity index (χ0n) is 8.46. The highest BCUT2D eigenvalue weighted by molar-refractivity contribution is 5.13. The zero-order valence-corrected chi connectivity index (χ0v) is 8.46. The van der Waals surface area contributed by atoms with E-state index in [0.29, 0.717) is 6.61 Å². The van der Waals surface area contributed by atoms with Gasteiger partial charge in [-0.2, -0.15) is 0 Å². The van der Waals surface area contributed by atoms with Crippen LogP contribution in [0.4, 0.5) is 0 Å². The molecule has 0 radical (unpaired) electrons. The molecule has 0 amide bonds. The normalized spacial score (nSPS) is 33.5. The topological polar surface area (TPSA) is 31.0 Å². The van der Waals surface area contributed by atoms with Gasteiger partial charge in [-0.15, -0.1) is 0 Å². The Balaban J connectivity index is 1.54. The fourth-order valence-corrected chi connectivity index (χ4v) is 1.93. The van der Waals surface area contributed by atoms with Crippen molar-refractivity contribution in [3.05, 3.63) is 35.9 Å². The van der Waals surface area contributed by atoms with Crippen molar-refractivity contribution >= 4 is 0 Å². The van der Waals surface area contributed by atoms with Crippen LogP contribution in [0, 0.1) is 0 Å². The summed E-state index contributed by atoms with van der Waals surface area (Å²) >= 11 is 0. The summed E-state index contributed by atoms with van der Waals surface area (Å²) in [5, 5.41) is 0. The number of epoxide rings is 1. The van der Waals surface area contributed by atoms with Crippen LogP contribution in [-0.2, 0) is 20.8 Å². The lowest BCUT2D eigenvalue weighted by molar-refractivity contribution is -0.0280. The van der Waals surface area contributed by atoms with Crippen molar-refractivity contribution in [1.29, 1.82) is 0 Å². The van der Waals surface area contributed by atoms with Crippen LogP contribution in [0.3, 0.4) is 0 Å². The van der Waals surface area contributed by atoms with E-state index in [2.05, 4.69) is 12.1 Å². The summed E-state index contributed by atoms with van der Waals surface area (Å²) in [7, 11) is 0. The number of fused-ring (bicyclic) bond motifs is 1. The Bertz CT molecular complexity index is 325. The van der Waals surface area contributed by atoms with E-state index in [4.69, 9.17) is 14.2 Å². The highest BCUT2D eigenvalue weighted by Crippen LogP contribution is 2.34. The number of ether oxygens (including phenoxy) is 3. The van der Waals surface area contributed by atoms with Crippen molar-refractivity contribution in [2.75, 3.05) is 6.61 Å². The summed E-state index contributed by atoms with van der Waals surface area (Å²) in [6.07, 6.45) is 1.35. The lowest BCUT2D eigenvalue weighted by atomic mass is 10.1. The van der Waals surface area contributed by atoms with Crippen molar-refractivity contribution in [3.8, 4) is 0 Å². The van der Waals surface area contributed by atoms with Crippen LogP contribution in [-0.4, -0.2) is 25.1 Å². The average molecular weight is 206 g/mol. The van der Waals surface area contributed by atoms with Crippen LogP contribution in [0.15, 0.2) is 30.3 Å². The van der Waals surface area contributed by atoms with E-state index in [1.54, 1.807) is 0 Å². The number of rotatable bonds is 3. The molecule has 2 aliphatic rings. The standard InChI is InChI=1S/C12H14O3/c1-2-4-9(5-3-1)8-14-10-6-7-13-12-11(10)15-12/h1-5,10-12H,6-8H2. The minimum Gasteiger partial charge on any atom is -0.371 e. The summed E-state index contributed by atoms with van der Waals surface area (Å²) in [5.41, 5.74) is 1.21. The maximum atomic E-state index is 5.82. The lowest BCUT2D eigenvalue weighted by Gasteiger charge is -2.18. The molecule has 3 unspecified atom stereocenters. The van der Waals surface area contributed by atoms with Crippen molar-refractivity contribution in [2.24, 2.45) is 0 Å². The third-order valence-electron chi connectivity index (χ3n) is 2.84. The van der Waals surface area contributed by atoms with Crippen molar-refractivity contribution in [3.63, 3.8) is 0 Å². The van der Waals surface area contributed by atoms with Crippen LogP contribution in [0.1, 0.15) is 12.0 Å². The average Bonchev–Trinajstić information content (AvgIpc) is 3.07. The number of hydrogen-bond acceptors (Lipinski definition) is 3. The molecule has 2 aliphatic heterocycles. The molecule has 2 saturated heterocycles. The van der Waals surface area contributed by atoms with Crippen LogP contribution >= 0.6 is 0 Å². The van der Waals surface area contributed by atoms with Gasteiger partial charge in [-0.1, -0.05) is 30.3 Å². The fraction of sp³-hybridized carbons (Fsp3) is 0.500. The molecule has 2 fully saturated rings. The maximum absolute atomic E-state index is 5.82. The Morgan fingerprint density at radius 2 is 2.13 bits per heavy atom. The van der Waals surface area contributed by atoms with Crippen LogP contribution in [0.5, 0.6) is 0 Å². The van der Waals surface area contributed by atoms with Gasteiger partial charge in [0.15, 0.2) is 6.29 Å². The quantitative estimate of drug-likeness (QED) is 0.705. The Labute approximate surface area is 89.0 Å². The predicted molar refractivity (Wildman–Crippen MR) is 54.2 cm³/mol. The Morgan fingerprint density at radius 1 is 1.27 bits per heavy atom. The highest BCUT2D eigenvalue weighted by Gasteiger charge is 2.49. The Kier molecular flexibility index (Phi) is 2.44. The molecular formula is C12H14O3. The van der Waals surface area contributed by atoms with Gasteiger partial charge in [0.1, 0.15) is 6.10 Å². The summed E-state index contributed by atoms with van der Waals surface area (Å²) in [5.74, 6) is 0. The molecule has 0 N–H and O–H groups in total. The van der Waals surface area contributed by atoms with Crippen molar-refractivity contribution < 1.29 is 14.2 Å². The maximum Gasteiger partial charge on any atom is 0.187 e. The zero-order chi connectivity index (χ0) is 10.1. The molecule has 1 aromatic carbocycles. The second-order valence-electron chi connectivity index (χ2n) is 3.96. The summed E-state index contributed by atoms with van der Waals surface area (Å²) in [4.78, 5) is 0. The highest BCUT2D eigenvalue weighted by atomic mass is 16.8. The molecule has 80 valence electrons. The van der Waals surface area contributed by atoms with E-state index < -0.39 is 0 Å². The van der Waals surface area contributed by atoms with E-state index in [-0.39, 0.29) is 18.5 Å². The van der Waals surface area contributed by atoms with Gasteiger partial charge in [0, 0.05) is 0 Å². The lowest BCUT2D eigenvalue weighted by Crippen LogP contribution is -2.28. The SMILES string of the molecule is c1ccc(COC2CCOC3OC23)cc1. The summed E-state index contributed by atoms with van der Waals surface area (Å²) in [6.45, 7) is 1.42. The first-order valence-electron chi connectivity index (χ1n) is 5.36. The van der Waals surface area contributed by atoms with Gasteiger partial charge in [0.25, 0.3) is 0 Å². The fourth-order valence-electron chi connectivity index (χ4n) is 1.93. The van der Waals surface area contributed by atoms with E-state index in [9.17, 15) is 0 Å². The van der Waals surface area contributed by atoms with Gasteiger partial charge >= 0.3 is 0 Å². The first-order valence-corrected chi connectivity index (χ1v) is 5.36. The van der Waals surface area contributed by atoms with Gasteiger partial charge in [-0.3, -0.25) is 0 Å². The second kappa shape index (κ2) is 3.93. The Hall–Kier alpha value is -0.900. The Morgan fingerprint density at radius 3 is 3.00 bits per heavy atom. The molecular weight excluding hydrogens is 192 g/mol. The minimum absolute atomic E-state index is 0.0134. The molecule has 3 heteroatoms. The monoisotopic (exact) mass is 206 g/mol. The molecule has 0 bridgehead atoms. The smallest absolute Gasteiger partial charge is 0.187 e. The minimum atomic E-state index is 0.0134. The molecule has 0 saturated carbocycles. The van der Waals surface area contributed by atoms with Gasteiger partial charge in [0.2, 0.25) is 0 Å². The van der Waals surface area contributed by atoms with Gasteiger partial charge in [-0.25, -0.2) is 0 Å². The molecule has 3 nitrogen and oxygen atoms in total. The van der Waals surface area contributed by atoms with Crippen LogP contribution in [0.2, 0.25) is 0 Å². The van der Waals surface area contributed by atoms with Gasteiger partial charge < -0.3 is 14.2 Å². The molecule has 15 heavy (non-hydrogen) atoms. The third-order valence-corrected chi connectivity index (χ3v) is 2.84. The molecule has 0 aromatic heterocycles. The molecule has 1 aromatic rings. The summed E-state index contributed by atoms with van der Waals surface area (Å²) in [6, 6.07) is 10.2. The second-order valence-corrected chi connectivity index (χ2v) is 3.96. The van der Waals surface area contributed by atoms with E-state index in [1.165, 1.54) is 5.56 Å². The van der Waals surface area contributed by atoms with E-state index >= 15 is 0 Å². The summed E-state index contributed by atoms with van der Waals surface area (Å²) < 4.78 is 16.5. The predicted octanol–water partition coefficient (Wildman–Crippen LogP) is 1.72. The number of hydrogen-bond donors (Lipinski definition) is 0. The molecule has 0 spiro atoms. The van der Waals surface area contributed by atoms with Crippen molar-refractivity contribution in [2.45, 2.75) is 31.5 Å². The van der Waals surface area contributed by atoms with Gasteiger partial charge in [-0.05, 0) is 12.0 Å². The van der Waals surface area contributed by atoms with E-state index in [0.717, 1.165) is 13.0 Å². The third kappa shape index (κ3) is 2.04. The molecule has 0 aliphatic carbocycles. The number of benzene rings is 1. The molecule has 3 rings (SSSR count). The molecule has 3 atom stereocenters. The van der Waals surface area contributed by atoms with E-state index in [1.807, 2.05) is 18.2 Å². The first kappa shape index (κ1) is 9.33. The largest absolute Gasteiger partial charge is 0.371 e. The van der Waals surface area contributed by atoms with Crippen molar-refractivity contribution in [1.82, 2.24) is 0 Å². The van der Waals surface area contributed by atoms with Gasteiger partial charge in [0.05, 0.1) is 19.3 Å².